The van der Waals surface area contributed by atoms with Crippen LogP contribution < -0.4 is 14.8 Å². The number of ether oxygens (including phenoxy) is 1. The van der Waals surface area contributed by atoms with Crippen molar-refractivity contribution in [2.45, 2.75) is 27.9 Å². The first kappa shape index (κ1) is 23.9. The first-order valence-corrected chi connectivity index (χ1v) is 13.4. The molecule has 11 heteroatoms. The van der Waals surface area contributed by atoms with Crippen molar-refractivity contribution in [3.05, 3.63) is 78.1 Å². The second kappa shape index (κ2) is 9.16. The Hall–Kier alpha value is -3.28. The summed E-state index contributed by atoms with van der Waals surface area (Å²) in [5.74, 6) is -0.195. The summed E-state index contributed by atoms with van der Waals surface area (Å²) in [6.45, 7) is 1.27. The van der Waals surface area contributed by atoms with E-state index in [1.165, 1.54) is 62.0 Å². The van der Waals surface area contributed by atoms with Gasteiger partial charge in [-0.1, -0.05) is 6.07 Å². The summed E-state index contributed by atoms with van der Waals surface area (Å²) in [6, 6.07) is 13.4. The van der Waals surface area contributed by atoms with Crippen molar-refractivity contribution >= 4 is 31.5 Å². The van der Waals surface area contributed by atoms with Gasteiger partial charge in [0.05, 0.1) is 22.8 Å². The van der Waals surface area contributed by atoms with Crippen LogP contribution >= 0.6 is 0 Å². The molecule has 1 aliphatic rings. The predicted molar refractivity (Wildman–Crippen MR) is 126 cm³/mol. The minimum atomic E-state index is -4.07. The molecule has 2 atom stereocenters. The second-order valence-corrected chi connectivity index (χ2v) is 11.7. The Kier molecular flexibility index (Phi) is 6.43. The zero-order chi connectivity index (χ0) is 24.5. The maximum atomic E-state index is 13.5. The Morgan fingerprint density at radius 1 is 1.06 bits per heavy atom. The van der Waals surface area contributed by atoms with Crippen molar-refractivity contribution in [3.63, 3.8) is 0 Å². The molecular formula is C23H23N3O6S2. The van der Waals surface area contributed by atoms with Crippen molar-refractivity contribution in [1.29, 1.82) is 0 Å². The lowest BCUT2D eigenvalue weighted by atomic mass is 10.0. The van der Waals surface area contributed by atoms with E-state index in [0.29, 0.717) is 22.6 Å². The zero-order valence-electron chi connectivity index (χ0n) is 18.4. The van der Waals surface area contributed by atoms with Crippen molar-refractivity contribution in [2.75, 3.05) is 19.0 Å². The van der Waals surface area contributed by atoms with Crippen LogP contribution in [0, 0.1) is 0 Å². The largest absolute Gasteiger partial charge is 0.497 e. The molecule has 9 nitrogen and oxygen atoms in total. The van der Waals surface area contributed by atoms with Crippen LogP contribution in [0.25, 0.3) is 0 Å². The molecule has 1 aliphatic heterocycles. The van der Waals surface area contributed by atoms with Gasteiger partial charge >= 0.3 is 0 Å². The lowest BCUT2D eigenvalue weighted by molar-refractivity contribution is -0.116. The quantitative estimate of drug-likeness (QED) is 0.485. The van der Waals surface area contributed by atoms with E-state index in [9.17, 15) is 21.6 Å². The van der Waals surface area contributed by atoms with Gasteiger partial charge in [0.1, 0.15) is 11.0 Å². The fourth-order valence-corrected chi connectivity index (χ4v) is 6.57. The highest BCUT2D eigenvalue weighted by Gasteiger charge is 2.32. The minimum Gasteiger partial charge on any atom is -0.497 e. The third-order valence-electron chi connectivity index (χ3n) is 5.73. The van der Waals surface area contributed by atoms with E-state index in [1.807, 2.05) is 0 Å². The molecule has 178 valence electrons. The van der Waals surface area contributed by atoms with E-state index in [2.05, 4.69) is 15.0 Å². The maximum Gasteiger partial charge on any atom is 0.240 e. The highest BCUT2D eigenvalue weighted by molar-refractivity contribution is 7.92. The number of anilines is 1. The van der Waals surface area contributed by atoms with Crippen LogP contribution in [0.5, 0.6) is 5.75 Å². The van der Waals surface area contributed by atoms with Crippen molar-refractivity contribution in [1.82, 2.24) is 9.71 Å². The molecule has 1 amide bonds. The molecule has 2 heterocycles. The summed E-state index contributed by atoms with van der Waals surface area (Å²) >= 11 is 0. The standard InChI is InChI=1S/C23H23N3O6S2/c1-15-20-12-19(9-10-21(20)26-23(15)27)34(30,31)25-14-22(16-4-3-11-24-13-16)33(28,29)18-7-5-17(32-2)6-8-18/h3-13,15,22,25H,14H2,1-2H3,(H,26,27). The Labute approximate surface area is 198 Å². The Bertz CT molecular complexity index is 1420. The number of carbonyl (C=O) groups is 1. The molecule has 0 bridgehead atoms. The van der Waals surface area contributed by atoms with Gasteiger partial charge in [0.15, 0.2) is 9.84 Å². The van der Waals surface area contributed by atoms with Gasteiger partial charge in [-0.05, 0) is 66.6 Å². The van der Waals surface area contributed by atoms with Gasteiger partial charge < -0.3 is 10.1 Å². The number of nitrogens with zero attached hydrogens (tertiary/aromatic N) is 1. The van der Waals surface area contributed by atoms with E-state index in [4.69, 9.17) is 4.74 Å². The number of aromatic nitrogens is 1. The third-order valence-corrected chi connectivity index (χ3v) is 9.27. The van der Waals surface area contributed by atoms with E-state index in [0.717, 1.165) is 0 Å². The molecule has 0 spiro atoms. The van der Waals surface area contributed by atoms with Crippen LogP contribution in [0.1, 0.15) is 29.2 Å². The summed E-state index contributed by atoms with van der Waals surface area (Å²) in [7, 11) is -6.58. The van der Waals surface area contributed by atoms with Gasteiger partial charge in [0.25, 0.3) is 0 Å². The smallest absolute Gasteiger partial charge is 0.240 e. The fraction of sp³-hybridized carbons (Fsp3) is 0.217. The molecule has 4 rings (SSSR count). The number of hydrogen-bond donors (Lipinski definition) is 2. The average Bonchev–Trinajstić information content (AvgIpc) is 3.12. The lowest BCUT2D eigenvalue weighted by Crippen LogP contribution is -2.32. The van der Waals surface area contributed by atoms with E-state index < -0.39 is 37.6 Å². The molecule has 0 saturated carbocycles. The first-order valence-electron chi connectivity index (χ1n) is 10.4. The Morgan fingerprint density at radius 3 is 2.41 bits per heavy atom. The van der Waals surface area contributed by atoms with Crippen LogP contribution in [0.2, 0.25) is 0 Å². The van der Waals surface area contributed by atoms with Crippen molar-refractivity contribution in [3.8, 4) is 5.75 Å². The summed E-state index contributed by atoms with van der Waals surface area (Å²) in [5, 5.41) is 1.47. The monoisotopic (exact) mass is 501 g/mol. The molecule has 0 aliphatic carbocycles. The number of fused-ring (bicyclic) bond motifs is 1. The molecule has 34 heavy (non-hydrogen) atoms. The highest BCUT2D eigenvalue weighted by atomic mass is 32.2. The molecule has 2 N–H and O–H groups in total. The number of sulfonamides is 1. The van der Waals surface area contributed by atoms with Crippen LogP contribution in [0.15, 0.2) is 76.8 Å². The van der Waals surface area contributed by atoms with Crippen LogP contribution in [0.4, 0.5) is 5.69 Å². The number of hydrogen-bond acceptors (Lipinski definition) is 7. The van der Waals surface area contributed by atoms with Gasteiger partial charge in [-0.2, -0.15) is 0 Å². The molecule has 2 aromatic carbocycles. The number of sulfone groups is 1. The molecule has 3 aromatic rings. The highest BCUT2D eigenvalue weighted by Crippen LogP contribution is 2.34. The first-order chi connectivity index (χ1) is 16.1. The minimum absolute atomic E-state index is 0.0253. The molecule has 0 saturated heterocycles. The van der Waals surface area contributed by atoms with Crippen LogP contribution in [-0.2, 0) is 24.7 Å². The van der Waals surface area contributed by atoms with Crippen LogP contribution in [-0.4, -0.2) is 41.4 Å². The predicted octanol–water partition coefficient (Wildman–Crippen LogP) is 2.64. The zero-order valence-corrected chi connectivity index (χ0v) is 20.1. The number of benzene rings is 2. The van der Waals surface area contributed by atoms with Crippen LogP contribution in [0.3, 0.4) is 0 Å². The number of amides is 1. The molecule has 2 unspecified atom stereocenters. The molecular weight excluding hydrogens is 478 g/mol. The summed E-state index contributed by atoms with van der Waals surface area (Å²) in [4.78, 5) is 15.9. The second-order valence-electron chi connectivity index (χ2n) is 7.81. The van der Waals surface area contributed by atoms with Gasteiger partial charge in [0.2, 0.25) is 15.9 Å². The maximum absolute atomic E-state index is 13.5. The molecule has 0 radical (unpaired) electrons. The number of rotatable bonds is 8. The van der Waals surface area contributed by atoms with Gasteiger partial charge in [-0.3, -0.25) is 9.78 Å². The molecule has 0 fully saturated rings. The number of methoxy groups -OCH3 is 1. The summed E-state index contributed by atoms with van der Waals surface area (Å²) in [5.41, 5.74) is 1.48. The fourth-order valence-electron chi connectivity index (χ4n) is 3.73. The lowest BCUT2D eigenvalue weighted by Gasteiger charge is -2.19. The Balaban J connectivity index is 1.65. The summed E-state index contributed by atoms with van der Waals surface area (Å²) < 4.78 is 60.6. The van der Waals surface area contributed by atoms with Crippen molar-refractivity contribution < 1.29 is 26.4 Å². The van der Waals surface area contributed by atoms with E-state index in [1.54, 1.807) is 19.1 Å². The van der Waals surface area contributed by atoms with Gasteiger partial charge in [-0.25, -0.2) is 21.6 Å². The topological polar surface area (TPSA) is 132 Å². The number of nitrogens with one attached hydrogen (secondary N) is 2. The number of pyridine rings is 1. The normalized spacial score (nSPS) is 16.5. The Morgan fingerprint density at radius 2 is 1.76 bits per heavy atom. The SMILES string of the molecule is COc1ccc(S(=O)(=O)C(CNS(=O)(=O)c2ccc3c(c2)C(C)C(=O)N3)c2cccnc2)cc1. The molecule has 1 aromatic heterocycles. The summed E-state index contributed by atoms with van der Waals surface area (Å²) in [6.07, 6.45) is 2.90. The van der Waals surface area contributed by atoms with E-state index in [-0.39, 0.29) is 15.7 Å². The van der Waals surface area contributed by atoms with E-state index >= 15 is 0 Å². The van der Waals surface area contributed by atoms with Gasteiger partial charge in [0, 0.05) is 24.6 Å². The third kappa shape index (κ3) is 4.54. The average molecular weight is 502 g/mol. The van der Waals surface area contributed by atoms with Crippen molar-refractivity contribution in [2.24, 2.45) is 0 Å². The number of carbonyl (C=O) groups excluding carboxylic acids is 1. The van der Waals surface area contributed by atoms with Gasteiger partial charge in [-0.15, -0.1) is 0 Å².